The highest BCUT2D eigenvalue weighted by Gasteiger charge is 2.51. The van der Waals surface area contributed by atoms with E-state index in [1.807, 2.05) is 12.3 Å². The number of hydrogen-bond acceptors (Lipinski definition) is 1. The van der Waals surface area contributed by atoms with Gasteiger partial charge in [-0.3, -0.25) is 4.98 Å². The molecule has 0 bridgehead atoms. The average Bonchev–Trinajstić information content (AvgIpc) is 2.81. The summed E-state index contributed by atoms with van der Waals surface area (Å²) in [4.78, 5) is 4.39. The van der Waals surface area contributed by atoms with E-state index in [2.05, 4.69) is 40.0 Å². The molecule has 2 heteroatoms. The van der Waals surface area contributed by atoms with Crippen LogP contribution < -0.4 is 0 Å². The molecule has 1 aromatic rings. The second-order valence-electron chi connectivity index (χ2n) is 3.69. The van der Waals surface area contributed by atoms with E-state index in [0.29, 0.717) is 5.41 Å². The Morgan fingerprint density at radius 2 is 2.50 bits per heavy atom. The quantitative estimate of drug-likeness (QED) is 0.706. The highest BCUT2D eigenvalue weighted by Crippen LogP contribution is 2.53. The largest absolute Gasteiger partial charge is 0.261 e. The van der Waals surface area contributed by atoms with Crippen LogP contribution in [0.1, 0.15) is 19.0 Å². The number of rotatable bonds is 2. The van der Waals surface area contributed by atoms with Gasteiger partial charge in [-0.2, -0.15) is 0 Å². The first kappa shape index (κ1) is 8.24. The van der Waals surface area contributed by atoms with Gasteiger partial charge >= 0.3 is 0 Å². The average molecular weight is 226 g/mol. The highest BCUT2D eigenvalue weighted by molar-refractivity contribution is 9.09. The summed E-state index contributed by atoms with van der Waals surface area (Å²) in [5.74, 6) is 0.785. The van der Waals surface area contributed by atoms with Crippen LogP contribution in [0.5, 0.6) is 0 Å². The summed E-state index contributed by atoms with van der Waals surface area (Å²) in [6.07, 6.45) is 3.15. The third kappa shape index (κ3) is 1.18. The maximum Gasteiger partial charge on any atom is 0.0465 e. The highest BCUT2D eigenvalue weighted by atomic mass is 79.9. The summed E-state index contributed by atoms with van der Waals surface area (Å²) in [6.45, 7) is 2.29. The second-order valence-corrected chi connectivity index (χ2v) is 4.34. The Bertz CT molecular complexity index is 272. The van der Waals surface area contributed by atoms with Crippen molar-refractivity contribution >= 4 is 15.9 Å². The van der Waals surface area contributed by atoms with E-state index in [9.17, 15) is 0 Å². The number of nitrogens with zero attached hydrogens (tertiary/aromatic N) is 1. The van der Waals surface area contributed by atoms with E-state index < -0.39 is 0 Å². The minimum atomic E-state index is 0.352. The molecule has 1 saturated carbocycles. The van der Waals surface area contributed by atoms with E-state index in [1.54, 1.807) is 0 Å². The summed E-state index contributed by atoms with van der Waals surface area (Å²) < 4.78 is 0. The van der Waals surface area contributed by atoms with Gasteiger partial charge in [0.1, 0.15) is 0 Å². The van der Waals surface area contributed by atoms with Gasteiger partial charge in [0, 0.05) is 22.6 Å². The SMILES string of the molecule is CC1(c2ccccn2)CC1CBr. The number of pyridine rings is 1. The second kappa shape index (κ2) is 2.84. The van der Waals surface area contributed by atoms with Crippen LogP contribution in [0.4, 0.5) is 0 Å². The summed E-state index contributed by atoms with van der Waals surface area (Å²) in [5, 5.41) is 1.10. The van der Waals surface area contributed by atoms with Crippen LogP contribution in [0, 0.1) is 5.92 Å². The van der Waals surface area contributed by atoms with Gasteiger partial charge in [-0.15, -0.1) is 0 Å². The Balaban J connectivity index is 2.23. The van der Waals surface area contributed by atoms with Crippen LogP contribution in [0.15, 0.2) is 24.4 Å². The number of alkyl halides is 1. The molecule has 1 aromatic heterocycles. The van der Waals surface area contributed by atoms with Gasteiger partial charge < -0.3 is 0 Å². The van der Waals surface area contributed by atoms with Crippen LogP contribution in [0.2, 0.25) is 0 Å². The molecule has 1 fully saturated rings. The van der Waals surface area contributed by atoms with Gasteiger partial charge in [0.25, 0.3) is 0 Å². The lowest BCUT2D eigenvalue weighted by atomic mass is 10.0. The van der Waals surface area contributed by atoms with Crippen molar-refractivity contribution in [2.75, 3.05) is 5.33 Å². The fraction of sp³-hybridized carbons (Fsp3) is 0.500. The molecule has 0 aromatic carbocycles. The summed E-state index contributed by atoms with van der Waals surface area (Å²) in [6, 6.07) is 6.16. The number of halogens is 1. The van der Waals surface area contributed by atoms with Gasteiger partial charge in [0.2, 0.25) is 0 Å². The molecule has 2 unspecified atom stereocenters. The topological polar surface area (TPSA) is 12.9 Å². The van der Waals surface area contributed by atoms with Crippen molar-refractivity contribution in [2.24, 2.45) is 5.92 Å². The van der Waals surface area contributed by atoms with Gasteiger partial charge in [0.15, 0.2) is 0 Å². The predicted molar refractivity (Wildman–Crippen MR) is 53.5 cm³/mol. The van der Waals surface area contributed by atoms with Crippen molar-refractivity contribution in [1.82, 2.24) is 4.98 Å². The Morgan fingerprint density at radius 3 is 3.00 bits per heavy atom. The molecular formula is C10H12BrN. The lowest BCUT2D eigenvalue weighted by Crippen LogP contribution is -2.06. The normalized spacial score (nSPS) is 33.3. The molecule has 0 amide bonds. The van der Waals surface area contributed by atoms with Crippen molar-refractivity contribution in [3.05, 3.63) is 30.1 Å². The van der Waals surface area contributed by atoms with Crippen molar-refractivity contribution in [3.63, 3.8) is 0 Å². The van der Waals surface area contributed by atoms with Crippen LogP contribution in [0.25, 0.3) is 0 Å². The Morgan fingerprint density at radius 1 is 1.67 bits per heavy atom. The molecule has 0 radical (unpaired) electrons. The molecular weight excluding hydrogens is 214 g/mol. The molecule has 0 aliphatic heterocycles. The van der Waals surface area contributed by atoms with Crippen molar-refractivity contribution in [3.8, 4) is 0 Å². The molecule has 1 aliphatic rings. The molecule has 1 aliphatic carbocycles. The summed E-state index contributed by atoms with van der Waals surface area (Å²) in [5.41, 5.74) is 1.60. The lowest BCUT2D eigenvalue weighted by Gasteiger charge is -2.08. The summed E-state index contributed by atoms with van der Waals surface area (Å²) >= 11 is 3.52. The smallest absolute Gasteiger partial charge is 0.0465 e. The molecule has 2 rings (SSSR count). The number of aromatic nitrogens is 1. The van der Waals surface area contributed by atoms with Crippen LogP contribution in [0.3, 0.4) is 0 Å². The minimum absolute atomic E-state index is 0.352. The van der Waals surface area contributed by atoms with Gasteiger partial charge in [0.05, 0.1) is 0 Å². The minimum Gasteiger partial charge on any atom is -0.261 e. The van der Waals surface area contributed by atoms with Gasteiger partial charge in [-0.25, -0.2) is 0 Å². The monoisotopic (exact) mass is 225 g/mol. The Hall–Kier alpha value is -0.370. The molecule has 2 atom stereocenters. The first-order chi connectivity index (χ1) is 5.77. The van der Waals surface area contributed by atoms with Crippen molar-refractivity contribution in [1.29, 1.82) is 0 Å². The third-order valence-electron chi connectivity index (χ3n) is 2.85. The van der Waals surface area contributed by atoms with E-state index in [-0.39, 0.29) is 0 Å². The number of hydrogen-bond donors (Lipinski definition) is 0. The van der Waals surface area contributed by atoms with Crippen LogP contribution in [-0.4, -0.2) is 10.3 Å². The maximum absolute atomic E-state index is 4.39. The zero-order chi connectivity index (χ0) is 8.60. The molecule has 1 nitrogen and oxygen atoms in total. The predicted octanol–water partition coefficient (Wildman–Crippen LogP) is 2.75. The summed E-state index contributed by atoms with van der Waals surface area (Å²) in [7, 11) is 0. The fourth-order valence-corrected chi connectivity index (χ4v) is 2.64. The van der Waals surface area contributed by atoms with Crippen molar-refractivity contribution in [2.45, 2.75) is 18.8 Å². The molecule has 0 saturated heterocycles. The third-order valence-corrected chi connectivity index (χ3v) is 3.63. The first-order valence-electron chi connectivity index (χ1n) is 4.25. The Kier molecular flexibility index (Phi) is 1.95. The van der Waals surface area contributed by atoms with Gasteiger partial charge in [-0.05, 0) is 24.5 Å². The molecule has 0 spiro atoms. The maximum atomic E-state index is 4.39. The lowest BCUT2D eigenvalue weighted by molar-refractivity contribution is 0.683. The van der Waals surface area contributed by atoms with E-state index in [1.165, 1.54) is 12.1 Å². The standard InChI is InChI=1S/C10H12BrN/c1-10(6-8(10)7-11)9-4-2-3-5-12-9/h2-5,8H,6-7H2,1H3. The first-order valence-corrected chi connectivity index (χ1v) is 5.37. The zero-order valence-corrected chi connectivity index (χ0v) is 8.71. The van der Waals surface area contributed by atoms with Crippen LogP contribution in [-0.2, 0) is 5.41 Å². The van der Waals surface area contributed by atoms with E-state index in [4.69, 9.17) is 0 Å². The van der Waals surface area contributed by atoms with Crippen LogP contribution >= 0.6 is 15.9 Å². The zero-order valence-electron chi connectivity index (χ0n) is 7.13. The fourth-order valence-electron chi connectivity index (χ4n) is 1.69. The van der Waals surface area contributed by atoms with E-state index in [0.717, 1.165) is 11.2 Å². The molecule has 0 N–H and O–H groups in total. The van der Waals surface area contributed by atoms with Gasteiger partial charge in [-0.1, -0.05) is 28.9 Å². The molecule has 12 heavy (non-hydrogen) atoms. The Labute approximate surface area is 81.3 Å². The van der Waals surface area contributed by atoms with E-state index >= 15 is 0 Å². The van der Waals surface area contributed by atoms with Crippen molar-refractivity contribution < 1.29 is 0 Å². The molecule has 64 valence electrons. The molecule has 1 heterocycles.